The predicted octanol–water partition coefficient (Wildman–Crippen LogP) is 6.05. The Morgan fingerprint density at radius 2 is 1.65 bits per heavy atom. The first-order chi connectivity index (χ1) is 16.6. The fourth-order valence-corrected chi connectivity index (χ4v) is 4.82. The van der Waals surface area contributed by atoms with E-state index in [-0.39, 0.29) is 5.69 Å². The minimum absolute atomic E-state index is 0.0860. The first-order valence-electron chi connectivity index (χ1n) is 10.8. The molecule has 168 valence electrons. The maximum absolute atomic E-state index is 10.9. The first-order valence-corrected chi connectivity index (χ1v) is 11.7. The van der Waals surface area contributed by atoms with Crippen LogP contribution >= 0.6 is 11.8 Å². The van der Waals surface area contributed by atoms with E-state index in [0.717, 1.165) is 21.8 Å². The molecule has 0 atom stereocenters. The van der Waals surface area contributed by atoms with Crippen molar-refractivity contribution in [3.8, 4) is 11.1 Å². The fourth-order valence-electron chi connectivity index (χ4n) is 3.93. The fraction of sp³-hybridized carbons (Fsp3) is 0.115. The van der Waals surface area contributed by atoms with E-state index in [1.54, 1.807) is 30.2 Å². The summed E-state index contributed by atoms with van der Waals surface area (Å²) in [7, 11) is 0. The molecule has 2 heterocycles. The lowest BCUT2D eigenvalue weighted by atomic mass is 9.96. The Morgan fingerprint density at radius 3 is 2.41 bits per heavy atom. The van der Waals surface area contributed by atoms with Crippen molar-refractivity contribution in [2.75, 3.05) is 0 Å². The summed E-state index contributed by atoms with van der Waals surface area (Å²) in [5.41, 5.74) is 7.44. The molecule has 2 aromatic heterocycles. The maximum Gasteiger partial charge on any atom is 0.269 e. The van der Waals surface area contributed by atoms with Gasteiger partial charge in [0.2, 0.25) is 0 Å². The molecule has 0 radical (unpaired) electrons. The molecular weight excluding hydrogens is 446 g/mol. The third-order valence-corrected chi connectivity index (χ3v) is 6.73. The van der Waals surface area contributed by atoms with Crippen molar-refractivity contribution >= 4 is 28.6 Å². The van der Waals surface area contributed by atoms with E-state index in [2.05, 4.69) is 70.4 Å². The van der Waals surface area contributed by atoms with Crippen molar-refractivity contribution in [2.45, 2.75) is 24.2 Å². The Balaban J connectivity index is 1.40. The molecular formula is C26H21N5O2S. The summed E-state index contributed by atoms with van der Waals surface area (Å²) in [5.74, 6) is 0.632. The summed E-state index contributed by atoms with van der Waals surface area (Å²) in [6.45, 7) is 2.77. The van der Waals surface area contributed by atoms with Crippen molar-refractivity contribution in [3.05, 3.63) is 112 Å². The van der Waals surface area contributed by atoms with Crippen molar-refractivity contribution < 1.29 is 4.92 Å². The number of nitro groups is 1. The summed E-state index contributed by atoms with van der Waals surface area (Å²) in [6.07, 6.45) is 3.37. The van der Waals surface area contributed by atoms with Gasteiger partial charge in [-0.1, -0.05) is 72.4 Å². The number of hydrogen-bond donors (Lipinski definition) is 0. The summed E-state index contributed by atoms with van der Waals surface area (Å²) in [6, 6.07) is 23.4. The predicted molar refractivity (Wildman–Crippen MR) is 134 cm³/mol. The molecule has 0 aliphatic carbocycles. The van der Waals surface area contributed by atoms with Crippen molar-refractivity contribution in [3.63, 3.8) is 0 Å². The SMILES string of the molecule is Cc1ccccc1-c1ccccc1Cn1cnc2c(SCc3ccc([N+](=O)[O-])cc3)ncnc21. The highest BCUT2D eigenvalue weighted by molar-refractivity contribution is 7.98. The van der Waals surface area contributed by atoms with Crippen LogP contribution in [0.25, 0.3) is 22.3 Å². The van der Waals surface area contributed by atoms with Gasteiger partial charge in [-0.3, -0.25) is 10.1 Å². The first kappa shape index (κ1) is 21.8. The lowest BCUT2D eigenvalue weighted by Crippen LogP contribution is -2.02. The zero-order valence-corrected chi connectivity index (χ0v) is 19.3. The molecule has 3 aromatic carbocycles. The average molecular weight is 468 g/mol. The van der Waals surface area contributed by atoms with E-state index in [1.807, 2.05) is 10.9 Å². The van der Waals surface area contributed by atoms with Crippen molar-refractivity contribution in [2.24, 2.45) is 0 Å². The number of benzene rings is 3. The number of aryl methyl sites for hydroxylation is 1. The second-order valence-electron chi connectivity index (χ2n) is 7.91. The van der Waals surface area contributed by atoms with Crippen LogP contribution < -0.4 is 0 Å². The Kier molecular flexibility index (Phi) is 6.05. The molecule has 0 aliphatic heterocycles. The van der Waals surface area contributed by atoms with E-state index in [1.165, 1.54) is 34.4 Å². The molecule has 5 rings (SSSR count). The van der Waals surface area contributed by atoms with Gasteiger partial charge < -0.3 is 4.57 Å². The van der Waals surface area contributed by atoms with Gasteiger partial charge in [0.25, 0.3) is 5.69 Å². The average Bonchev–Trinajstić information content (AvgIpc) is 3.27. The summed E-state index contributed by atoms with van der Waals surface area (Å²) >= 11 is 1.54. The molecule has 0 fully saturated rings. The number of nitro benzene ring substituents is 1. The van der Waals surface area contributed by atoms with Crippen LogP contribution in [0.4, 0.5) is 5.69 Å². The van der Waals surface area contributed by atoms with Crippen LogP contribution in [0.3, 0.4) is 0 Å². The van der Waals surface area contributed by atoms with Crippen LogP contribution in [0.5, 0.6) is 0 Å². The van der Waals surface area contributed by atoms with Crippen LogP contribution in [-0.2, 0) is 12.3 Å². The van der Waals surface area contributed by atoms with Crippen molar-refractivity contribution in [1.82, 2.24) is 19.5 Å². The van der Waals surface area contributed by atoms with E-state index < -0.39 is 4.92 Å². The quantitative estimate of drug-likeness (QED) is 0.125. The molecule has 34 heavy (non-hydrogen) atoms. The van der Waals surface area contributed by atoms with E-state index in [4.69, 9.17) is 0 Å². The normalized spacial score (nSPS) is 11.1. The van der Waals surface area contributed by atoms with Gasteiger partial charge in [-0.25, -0.2) is 15.0 Å². The van der Waals surface area contributed by atoms with Crippen LogP contribution in [0.1, 0.15) is 16.7 Å². The highest BCUT2D eigenvalue weighted by Crippen LogP contribution is 2.30. The van der Waals surface area contributed by atoms with Gasteiger partial charge in [0.15, 0.2) is 5.65 Å². The van der Waals surface area contributed by atoms with Crippen molar-refractivity contribution in [1.29, 1.82) is 0 Å². The van der Waals surface area contributed by atoms with Gasteiger partial charge in [0.1, 0.15) is 16.9 Å². The summed E-state index contributed by atoms with van der Waals surface area (Å²) < 4.78 is 2.05. The van der Waals surface area contributed by atoms with Gasteiger partial charge in [-0.2, -0.15) is 0 Å². The molecule has 0 aliphatic rings. The molecule has 7 nitrogen and oxygen atoms in total. The third kappa shape index (κ3) is 4.40. The van der Waals surface area contributed by atoms with Gasteiger partial charge >= 0.3 is 0 Å². The number of hydrogen-bond acceptors (Lipinski definition) is 6. The summed E-state index contributed by atoms with van der Waals surface area (Å²) in [4.78, 5) is 24.0. The number of imidazole rings is 1. The Hall–Kier alpha value is -4.04. The van der Waals surface area contributed by atoms with Crippen LogP contribution in [0.15, 0.2) is 90.5 Å². The molecule has 5 aromatic rings. The smallest absolute Gasteiger partial charge is 0.269 e. The number of fused-ring (bicyclic) bond motifs is 1. The Bertz CT molecular complexity index is 1480. The topological polar surface area (TPSA) is 86.7 Å². The lowest BCUT2D eigenvalue weighted by molar-refractivity contribution is -0.384. The molecule has 0 saturated carbocycles. The van der Waals surface area contributed by atoms with Gasteiger partial charge in [-0.15, -0.1) is 0 Å². The Morgan fingerprint density at radius 1 is 0.912 bits per heavy atom. The zero-order valence-electron chi connectivity index (χ0n) is 18.5. The van der Waals surface area contributed by atoms with E-state index in [9.17, 15) is 10.1 Å². The lowest BCUT2D eigenvalue weighted by Gasteiger charge is -2.13. The molecule has 0 unspecified atom stereocenters. The minimum Gasteiger partial charge on any atom is -0.311 e. The molecule has 0 N–H and O–H groups in total. The summed E-state index contributed by atoms with van der Waals surface area (Å²) in [5, 5.41) is 11.6. The molecule has 0 saturated heterocycles. The van der Waals surface area contributed by atoms with Crippen LogP contribution in [0.2, 0.25) is 0 Å². The second-order valence-corrected chi connectivity index (χ2v) is 8.87. The largest absolute Gasteiger partial charge is 0.311 e. The Labute approximate surface area is 200 Å². The highest BCUT2D eigenvalue weighted by atomic mass is 32.2. The number of thioether (sulfide) groups is 1. The van der Waals surface area contributed by atoms with E-state index in [0.29, 0.717) is 12.3 Å². The minimum atomic E-state index is -0.394. The van der Waals surface area contributed by atoms with Crippen LogP contribution in [-0.4, -0.2) is 24.4 Å². The molecule has 0 spiro atoms. The number of nitrogens with zero attached hydrogens (tertiary/aromatic N) is 5. The van der Waals surface area contributed by atoms with Gasteiger partial charge in [0, 0.05) is 17.9 Å². The maximum atomic E-state index is 10.9. The molecule has 0 bridgehead atoms. The monoisotopic (exact) mass is 467 g/mol. The number of aromatic nitrogens is 4. The van der Waals surface area contributed by atoms with Gasteiger partial charge in [-0.05, 0) is 34.7 Å². The number of non-ortho nitro benzene ring substituents is 1. The van der Waals surface area contributed by atoms with Gasteiger partial charge in [0.05, 0.1) is 17.8 Å². The van der Waals surface area contributed by atoms with E-state index >= 15 is 0 Å². The second kappa shape index (κ2) is 9.44. The third-order valence-electron chi connectivity index (χ3n) is 5.68. The zero-order chi connectivity index (χ0) is 23.5. The standard InChI is InChI=1S/C26H21N5O2S/c1-18-6-2-4-8-22(18)23-9-5-3-7-20(23)14-30-17-29-24-25(30)27-16-28-26(24)34-15-19-10-12-21(13-11-19)31(32)33/h2-13,16-17H,14-15H2,1H3. The molecule has 0 amide bonds. The van der Waals surface area contributed by atoms with Crippen LogP contribution in [0, 0.1) is 17.0 Å². The number of rotatable bonds is 7. The highest BCUT2D eigenvalue weighted by Gasteiger charge is 2.14. The molecule has 8 heteroatoms.